The van der Waals surface area contributed by atoms with Crippen molar-refractivity contribution >= 4 is 19.8 Å². The quantitative estimate of drug-likeness (QED) is 0.0179. The second kappa shape index (κ2) is 42.0. The minimum absolute atomic E-state index is 0.0256. The smallest absolute Gasteiger partial charge is 0.462 e. The van der Waals surface area contributed by atoms with E-state index < -0.39 is 38.6 Å². The molecular formula is C47H78NO9P. The van der Waals surface area contributed by atoms with Gasteiger partial charge in [0.15, 0.2) is 6.10 Å². The fourth-order valence-electron chi connectivity index (χ4n) is 5.22. The zero-order valence-corrected chi connectivity index (χ0v) is 36.7. The van der Waals surface area contributed by atoms with Gasteiger partial charge in [0.25, 0.3) is 0 Å². The van der Waals surface area contributed by atoms with Crippen molar-refractivity contribution in [3.8, 4) is 0 Å². The maximum Gasteiger partial charge on any atom is 0.472 e. The first-order chi connectivity index (χ1) is 28.2. The second-order valence-electron chi connectivity index (χ2n) is 14.1. The van der Waals surface area contributed by atoms with Gasteiger partial charge in [0, 0.05) is 19.4 Å². The molecule has 0 rings (SSSR count). The molecule has 11 heteroatoms. The molecule has 0 saturated carbocycles. The fraction of sp³-hybridized carbons (Fsp3) is 0.617. The van der Waals surface area contributed by atoms with Crippen molar-refractivity contribution in [3.63, 3.8) is 0 Å². The molecule has 0 heterocycles. The summed E-state index contributed by atoms with van der Waals surface area (Å²) in [5.41, 5.74) is 5.34. The molecule has 0 fully saturated rings. The first-order valence-electron chi connectivity index (χ1n) is 21.8. The third-order valence-corrected chi connectivity index (χ3v) is 9.51. The summed E-state index contributed by atoms with van der Waals surface area (Å²) in [4.78, 5) is 34.9. The van der Waals surface area contributed by atoms with Gasteiger partial charge in [-0.3, -0.25) is 18.6 Å². The van der Waals surface area contributed by atoms with E-state index in [9.17, 15) is 24.2 Å². The van der Waals surface area contributed by atoms with E-state index in [1.54, 1.807) is 6.08 Å². The van der Waals surface area contributed by atoms with E-state index in [1.165, 1.54) is 44.9 Å². The van der Waals surface area contributed by atoms with Crippen LogP contribution >= 0.6 is 7.82 Å². The van der Waals surface area contributed by atoms with Gasteiger partial charge in [-0.05, 0) is 89.9 Å². The molecule has 0 bridgehead atoms. The highest BCUT2D eigenvalue weighted by Gasteiger charge is 2.25. The Labute approximate surface area is 351 Å². The normalized spacial score (nSPS) is 14.8. The lowest BCUT2D eigenvalue weighted by atomic mass is 10.1. The van der Waals surface area contributed by atoms with E-state index in [-0.39, 0.29) is 32.6 Å². The van der Waals surface area contributed by atoms with Gasteiger partial charge in [0.05, 0.1) is 19.3 Å². The van der Waals surface area contributed by atoms with Crippen molar-refractivity contribution in [1.29, 1.82) is 0 Å². The zero-order chi connectivity index (χ0) is 42.6. The summed E-state index contributed by atoms with van der Waals surface area (Å²) in [5.74, 6) is -0.982. The van der Waals surface area contributed by atoms with Crippen LogP contribution in [0.4, 0.5) is 0 Å². The molecule has 1 unspecified atom stereocenters. The van der Waals surface area contributed by atoms with Crippen LogP contribution in [0.2, 0.25) is 0 Å². The topological polar surface area (TPSA) is 155 Å². The Morgan fingerprint density at radius 3 is 1.71 bits per heavy atom. The predicted molar refractivity (Wildman–Crippen MR) is 239 cm³/mol. The molecule has 0 radical (unpaired) electrons. The van der Waals surface area contributed by atoms with Crippen molar-refractivity contribution in [1.82, 2.24) is 0 Å². The molecule has 0 amide bonds. The molecule has 0 aromatic carbocycles. The van der Waals surface area contributed by atoms with E-state index >= 15 is 0 Å². The van der Waals surface area contributed by atoms with Gasteiger partial charge in [-0.15, -0.1) is 0 Å². The molecular weight excluding hydrogens is 753 g/mol. The van der Waals surface area contributed by atoms with Gasteiger partial charge < -0.3 is 25.2 Å². The molecule has 58 heavy (non-hydrogen) atoms. The predicted octanol–water partition coefficient (Wildman–Crippen LogP) is 11.6. The first-order valence-corrected chi connectivity index (χ1v) is 23.3. The molecule has 0 aliphatic carbocycles. The van der Waals surface area contributed by atoms with Gasteiger partial charge in [-0.1, -0.05) is 143 Å². The number of carbonyl (C=O) groups is 2. The Morgan fingerprint density at radius 1 is 0.603 bits per heavy atom. The second-order valence-corrected chi connectivity index (χ2v) is 15.5. The number of allylic oxidation sites excluding steroid dienone is 14. The molecule has 0 aliphatic rings. The van der Waals surface area contributed by atoms with Crippen molar-refractivity contribution in [3.05, 3.63) is 97.2 Å². The van der Waals surface area contributed by atoms with E-state index in [0.29, 0.717) is 25.7 Å². The Kier molecular flexibility index (Phi) is 39.8. The summed E-state index contributed by atoms with van der Waals surface area (Å²) in [6.07, 6.45) is 50.4. The van der Waals surface area contributed by atoms with Crippen LogP contribution in [0.5, 0.6) is 0 Å². The number of ether oxygens (including phenoxy) is 2. The monoisotopic (exact) mass is 832 g/mol. The van der Waals surface area contributed by atoms with Crippen molar-refractivity contribution in [2.75, 3.05) is 26.4 Å². The first kappa shape index (κ1) is 54.9. The summed E-state index contributed by atoms with van der Waals surface area (Å²) in [7, 11) is -4.42. The van der Waals surface area contributed by atoms with Gasteiger partial charge in [0.1, 0.15) is 6.61 Å². The van der Waals surface area contributed by atoms with Crippen molar-refractivity contribution < 1.29 is 42.7 Å². The van der Waals surface area contributed by atoms with Crippen molar-refractivity contribution in [2.45, 2.75) is 161 Å². The summed E-state index contributed by atoms with van der Waals surface area (Å²) in [5, 5.41) is 10.1. The van der Waals surface area contributed by atoms with Gasteiger partial charge in [-0.25, -0.2) is 4.57 Å². The molecule has 330 valence electrons. The number of aliphatic hydroxyl groups excluding tert-OH is 1. The molecule has 3 atom stereocenters. The fourth-order valence-corrected chi connectivity index (χ4v) is 5.98. The van der Waals surface area contributed by atoms with Crippen LogP contribution < -0.4 is 5.73 Å². The number of nitrogens with two attached hydrogens (primary N) is 1. The molecule has 10 nitrogen and oxygen atoms in total. The third-order valence-electron chi connectivity index (χ3n) is 8.52. The molecule has 0 aromatic heterocycles. The number of hydrogen-bond acceptors (Lipinski definition) is 9. The third kappa shape index (κ3) is 41.1. The van der Waals surface area contributed by atoms with Crippen LogP contribution in [-0.4, -0.2) is 60.5 Å². The number of hydrogen-bond donors (Lipinski definition) is 3. The maximum absolute atomic E-state index is 12.6. The lowest BCUT2D eigenvalue weighted by molar-refractivity contribution is -0.161. The van der Waals surface area contributed by atoms with Crippen molar-refractivity contribution in [2.24, 2.45) is 5.73 Å². The van der Waals surface area contributed by atoms with E-state index in [4.69, 9.17) is 24.3 Å². The van der Waals surface area contributed by atoms with Crippen LogP contribution in [-0.2, 0) is 32.7 Å². The number of aliphatic hydroxyl groups is 1. The lowest BCUT2D eigenvalue weighted by Crippen LogP contribution is -2.29. The van der Waals surface area contributed by atoms with E-state index in [0.717, 1.165) is 51.4 Å². The standard InChI is InChI=1S/C47H78NO9P/c1-3-5-7-9-11-12-13-14-15-16-17-18-19-20-21-22-26-31-35-39-47(51)57-45(43-56-58(52,53)55-41-40-48)42-54-46(50)38-34-30-27-23-25-29-33-37-44(49)36-32-28-24-10-8-6-4-2/h11-12,14-15,17-18,20-21,23-24,27-29,32-33,36,44-45,49H,3-10,13,16,19,22,25-26,30-31,34-35,37-43,48H2,1-2H3,(H,52,53)/b12-11-,15-14-,18-17-,21-20-,27-23+,28-24-,33-29-,36-32-/t44-,45-/m1/s1. The zero-order valence-electron chi connectivity index (χ0n) is 35.8. The minimum atomic E-state index is -4.42. The van der Waals surface area contributed by atoms with Crippen LogP contribution in [0.25, 0.3) is 0 Å². The molecule has 0 spiro atoms. The van der Waals surface area contributed by atoms with Gasteiger partial charge >= 0.3 is 19.8 Å². The lowest BCUT2D eigenvalue weighted by Gasteiger charge is -2.19. The average Bonchev–Trinajstić information content (AvgIpc) is 3.21. The number of unbranched alkanes of at least 4 members (excludes halogenated alkanes) is 10. The number of esters is 2. The Bertz CT molecular complexity index is 1280. The number of carbonyl (C=O) groups excluding carboxylic acids is 2. The van der Waals surface area contributed by atoms with Crippen LogP contribution in [0.15, 0.2) is 97.2 Å². The highest BCUT2D eigenvalue weighted by molar-refractivity contribution is 7.47. The minimum Gasteiger partial charge on any atom is -0.462 e. The SMILES string of the molecule is CCCCC/C=C\C=C/[C@@H](O)C/C=C\C/C=C/CCCC(=O)OC[C@H](COP(=O)(O)OCCN)OC(=O)CCCCC/C=C\C/C=C\C/C=C\C/C=C\CCCCC. The van der Waals surface area contributed by atoms with Crippen LogP contribution in [0.1, 0.15) is 149 Å². The van der Waals surface area contributed by atoms with E-state index in [1.807, 2.05) is 36.5 Å². The number of phosphoric acid groups is 1. The Morgan fingerprint density at radius 2 is 1.12 bits per heavy atom. The summed E-state index contributed by atoms with van der Waals surface area (Å²) in [6, 6.07) is 0. The summed E-state index contributed by atoms with van der Waals surface area (Å²) in [6.45, 7) is 3.45. The molecule has 0 aromatic rings. The highest BCUT2D eigenvalue weighted by atomic mass is 31.2. The number of phosphoric ester groups is 1. The number of rotatable bonds is 39. The molecule has 0 aliphatic heterocycles. The highest BCUT2D eigenvalue weighted by Crippen LogP contribution is 2.43. The summed E-state index contributed by atoms with van der Waals surface area (Å²) >= 11 is 0. The van der Waals surface area contributed by atoms with Crippen LogP contribution in [0, 0.1) is 0 Å². The summed E-state index contributed by atoms with van der Waals surface area (Å²) < 4.78 is 32.6. The Hall–Kier alpha value is -3.11. The Balaban J connectivity index is 4.39. The van der Waals surface area contributed by atoms with Gasteiger partial charge in [0.2, 0.25) is 0 Å². The maximum atomic E-state index is 12.6. The largest absolute Gasteiger partial charge is 0.472 e. The van der Waals surface area contributed by atoms with Gasteiger partial charge in [-0.2, -0.15) is 0 Å². The molecule has 0 saturated heterocycles. The average molecular weight is 832 g/mol. The van der Waals surface area contributed by atoms with E-state index in [2.05, 4.69) is 68.5 Å². The van der Waals surface area contributed by atoms with Crippen LogP contribution in [0.3, 0.4) is 0 Å². The molecule has 4 N–H and O–H groups in total.